The number of rotatable bonds is 3. The molecule has 0 bridgehead atoms. The van der Waals surface area contributed by atoms with Crippen LogP contribution in [0.15, 0.2) is 23.4 Å². The first-order valence-electron chi connectivity index (χ1n) is 4.46. The largest absolute Gasteiger partial charge is 0.303 e. The highest BCUT2D eigenvalue weighted by molar-refractivity contribution is 7.99. The van der Waals surface area contributed by atoms with Gasteiger partial charge >= 0.3 is 0 Å². The van der Waals surface area contributed by atoms with Crippen LogP contribution in [-0.2, 0) is 0 Å². The molecule has 1 aromatic heterocycles. The van der Waals surface area contributed by atoms with Crippen LogP contribution < -0.4 is 5.32 Å². The van der Waals surface area contributed by atoms with Crippen LogP contribution >= 0.6 is 11.8 Å². The lowest BCUT2D eigenvalue weighted by molar-refractivity contribution is 0.461. The molecule has 2 nitrogen and oxygen atoms in total. The Balaban J connectivity index is 2.39. The Bertz CT molecular complexity index is 296. The van der Waals surface area contributed by atoms with Crippen LogP contribution in [0.4, 0.5) is 4.39 Å². The zero-order valence-electron chi connectivity index (χ0n) is 8.67. The molecular weight excluding hydrogens is 199 g/mol. The van der Waals surface area contributed by atoms with Gasteiger partial charge in [0.2, 0.25) is 0 Å². The van der Waals surface area contributed by atoms with Crippen molar-refractivity contribution >= 4 is 11.8 Å². The monoisotopic (exact) mass is 214 g/mol. The number of pyridine rings is 1. The summed E-state index contributed by atoms with van der Waals surface area (Å²) in [5, 5.41) is 3.30. The first-order valence-corrected chi connectivity index (χ1v) is 5.44. The normalized spacial score (nSPS) is 11.7. The van der Waals surface area contributed by atoms with E-state index in [0.717, 1.165) is 10.8 Å². The van der Waals surface area contributed by atoms with Crippen LogP contribution in [0.25, 0.3) is 0 Å². The van der Waals surface area contributed by atoms with Crippen LogP contribution in [0.3, 0.4) is 0 Å². The lowest BCUT2D eigenvalue weighted by Crippen LogP contribution is -2.35. The molecule has 0 unspecified atom stereocenters. The summed E-state index contributed by atoms with van der Waals surface area (Å²) in [7, 11) is 0. The molecule has 0 aliphatic rings. The Morgan fingerprint density at radius 3 is 2.71 bits per heavy atom. The molecule has 0 aliphatic heterocycles. The second-order valence-electron chi connectivity index (χ2n) is 4.05. The van der Waals surface area contributed by atoms with Gasteiger partial charge in [0.05, 0.1) is 6.20 Å². The van der Waals surface area contributed by atoms with Crippen molar-refractivity contribution in [1.29, 1.82) is 0 Å². The Kier molecular flexibility index (Phi) is 3.89. The second kappa shape index (κ2) is 4.75. The smallest absolute Gasteiger partial charge is 0.142 e. The van der Waals surface area contributed by atoms with Crippen molar-refractivity contribution in [3.63, 3.8) is 0 Å². The summed E-state index contributed by atoms with van der Waals surface area (Å²) in [5.74, 6) is 0.472. The van der Waals surface area contributed by atoms with E-state index in [1.165, 1.54) is 12.3 Å². The summed E-state index contributed by atoms with van der Waals surface area (Å²) in [6.07, 6.45) is 2.87. The fourth-order valence-electron chi connectivity index (χ4n) is 0.807. The van der Waals surface area contributed by atoms with Crippen LogP contribution in [0.5, 0.6) is 0 Å². The molecule has 0 saturated carbocycles. The Morgan fingerprint density at radius 2 is 2.14 bits per heavy atom. The van der Waals surface area contributed by atoms with Gasteiger partial charge in [-0.2, -0.15) is 0 Å². The first-order chi connectivity index (χ1) is 6.47. The van der Waals surface area contributed by atoms with Crippen molar-refractivity contribution < 1.29 is 4.39 Å². The third-order valence-electron chi connectivity index (χ3n) is 1.52. The highest BCUT2D eigenvalue weighted by Gasteiger charge is 2.07. The molecule has 0 aromatic carbocycles. The number of nitrogens with zero attached hydrogens (tertiary/aromatic N) is 1. The molecule has 1 heterocycles. The van der Waals surface area contributed by atoms with Gasteiger partial charge in [-0.05, 0) is 26.8 Å². The molecule has 0 spiro atoms. The first kappa shape index (κ1) is 11.5. The van der Waals surface area contributed by atoms with E-state index in [2.05, 4.69) is 31.1 Å². The standard InChI is InChI=1S/C10H15FN2S/c1-10(2,3)13-7-14-9-4-8(11)5-12-6-9/h4-6,13H,7H2,1-3H3. The van der Waals surface area contributed by atoms with E-state index in [-0.39, 0.29) is 11.4 Å². The third kappa shape index (κ3) is 4.58. The van der Waals surface area contributed by atoms with E-state index in [9.17, 15) is 4.39 Å². The predicted octanol–water partition coefficient (Wildman–Crippen LogP) is 2.66. The highest BCUT2D eigenvalue weighted by Crippen LogP contribution is 2.16. The molecule has 4 heteroatoms. The molecule has 0 atom stereocenters. The summed E-state index contributed by atoms with van der Waals surface area (Å²) in [6, 6.07) is 1.49. The Labute approximate surface area is 88.3 Å². The van der Waals surface area contributed by atoms with Crippen LogP contribution in [-0.4, -0.2) is 16.4 Å². The van der Waals surface area contributed by atoms with Crippen molar-refractivity contribution in [2.75, 3.05) is 5.88 Å². The van der Waals surface area contributed by atoms with Gasteiger partial charge in [-0.25, -0.2) is 4.39 Å². The molecule has 0 amide bonds. The van der Waals surface area contributed by atoms with Crippen molar-refractivity contribution in [2.24, 2.45) is 0 Å². The van der Waals surface area contributed by atoms with E-state index in [1.807, 2.05) is 0 Å². The van der Waals surface area contributed by atoms with Gasteiger partial charge in [0.1, 0.15) is 5.82 Å². The lowest BCUT2D eigenvalue weighted by atomic mass is 10.1. The number of hydrogen-bond acceptors (Lipinski definition) is 3. The van der Waals surface area contributed by atoms with Gasteiger partial charge in [0.25, 0.3) is 0 Å². The fourth-order valence-corrected chi connectivity index (χ4v) is 1.81. The van der Waals surface area contributed by atoms with E-state index in [4.69, 9.17) is 0 Å². The van der Waals surface area contributed by atoms with Crippen molar-refractivity contribution in [3.05, 3.63) is 24.3 Å². The molecule has 14 heavy (non-hydrogen) atoms. The van der Waals surface area contributed by atoms with Gasteiger partial charge in [-0.15, -0.1) is 11.8 Å². The molecule has 0 saturated heterocycles. The minimum Gasteiger partial charge on any atom is -0.303 e. The van der Waals surface area contributed by atoms with Gasteiger partial charge in [0, 0.05) is 22.5 Å². The predicted molar refractivity (Wildman–Crippen MR) is 57.8 cm³/mol. The minimum atomic E-state index is -0.286. The van der Waals surface area contributed by atoms with Crippen molar-refractivity contribution in [3.8, 4) is 0 Å². The fraction of sp³-hybridized carbons (Fsp3) is 0.500. The summed E-state index contributed by atoms with van der Waals surface area (Å²) >= 11 is 1.55. The zero-order chi connectivity index (χ0) is 10.6. The van der Waals surface area contributed by atoms with E-state index in [0.29, 0.717) is 0 Å². The quantitative estimate of drug-likeness (QED) is 0.618. The molecule has 0 radical (unpaired) electrons. The number of nitrogens with one attached hydrogen (secondary N) is 1. The molecular formula is C10H15FN2S. The Hall–Kier alpha value is -0.610. The van der Waals surface area contributed by atoms with Crippen molar-refractivity contribution in [2.45, 2.75) is 31.2 Å². The summed E-state index contributed by atoms with van der Waals surface area (Å²) < 4.78 is 12.7. The minimum absolute atomic E-state index is 0.0910. The van der Waals surface area contributed by atoms with Gasteiger partial charge in [0.15, 0.2) is 0 Å². The number of thioether (sulfide) groups is 1. The SMILES string of the molecule is CC(C)(C)NCSc1cncc(F)c1. The van der Waals surface area contributed by atoms with Crippen molar-refractivity contribution in [1.82, 2.24) is 10.3 Å². The molecule has 1 N–H and O–H groups in total. The van der Waals surface area contributed by atoms with E-state index >= 15 is 0 Å². The van der Waals surface area contributed by atoms with E-state index < -0.39 is 0 Å². The maximum Gasteiger partial charge on any atom is 0.142 e. The lowest BCUT2D eigenvalue weighted by Gasteiger charge is -2.19. The molecule has 0 aliphatic carbocycles. The zero-order valence-corrected chi connectivity index (χ0v) is 9.49. The number of aromatic nitrogens is 1. The maximum absolute atomic E-state index is 12.7. The molecule has 1 aromatic rings. The van der Waals surface area contributed by atoms with Gasteiger partial charge < -0.3 is 5.32 Å². The highest BCUT2D eigenvalue weighted by atomic mass is 32.2. The topological polar surface area (TPSA) is 24.9 Å². The average molecular weight is 214 g/mol. The van der Waals surface area contributed by atoms with Gasteiger partial charge in [-0.3, -0.25) is 4.98 Å². The van der Waals surface area contributed by atoms with Crippen LogP contribution in [0, 0.1) is 5.82 Å². The summed E-state index contributed by atoms with van der Waals surface area (Å²) in [4.78, 5) is 4.62. The molecule has 1 rings (SSSR count). The number of halogens is 1. The van der Waals surface area contributed by atoms with Gasteiger partial charge in [-0.1, -0.05) is 0 Å². The van der Waals surface area contributed by atoms with Crippen LogP contribution in [0.1, 0.15) is 20.8 Å². The summed E-state index contributed by atoms with van der Waals surface area (Å²) in [6.45, 7) is 6.28. The third-order valence-corrected chi connectivity index (χ3v) is 2.37. The molecule has 78 valence electrons. The summed E-state index contributed by atoms with van der Waals surface area (Å²) in [5.41, 5.74) is 0.0910. The molecule has 0 fully saturated rings. The van der Waals surface area contributed by atoms with Crippen LogP contribution in [0.2, 0.25) is 0 Å². The van der Waals surface area contributed by atoms with E-state index in [1.54, 1.807) is 18.0 Å². The number of hydrogen-bond donors (Lipinski definition) is 1. The average Bonchev–Trinajstić information content (AvgIpc) is 2.01. The Morgan fingerprint density at radius 1 is 1.43 bits per heavy atom. The second-order valence-corrected chi connectivity index (χ2v) is 5.10. The maximum atomic E-state index is 12.7.